The van der Waals surface area contributed by atoms with E-state index in [1.165, 1.54) is 0 Å². The standard InChI is InChI=1S/C8H15NS/c1-4-9-5-6-10-8(9)7(2)3/h5-8H,4H2,1-3H3. The molecule has 1 atom stereocenters. The van der Waals surface area contributed by atoms with Gasteiger partial charge in [-0.3, -0.25) is 0 Å². The van der Waals surface area contributed by atoms with Crippen LogP contribution < -0.4 is 0 Å². The maximum absolute atomic E-state index is 2.38. The zero-order valence-electron chi connectivity index (χ0n) is 6.87. The highest BCUT2D eigenvalue weighted by molar-refractivity contribution is 8.02. The summed E-state index contributed by atoms with van der Waals surface area (Å²) in [5.41, 5.74) is 0. The van der Waals surface area contributed by atoms with Crippen molar-refractivity contribution in [2.24, 2.45) is 5.92 Å². The summed E-state index contributed by atoms with van der Waals surface area (Å²) in [5, 5.41) is 2.87. The lowest BCUT2D eigenvalue weighted by Crippen LogP contribution is -2.28. The van der Waals surface area contributed by atoms with Gasteiger partial charge in [-0.05, 0) is 18.2 Å². The molecule has 0 radical (unpaired) electrons. The van der Waals surface area contributed by atoms with E-state index in [9.17, 15) is 0 Å². The summed E-state index contributed by atoms with van der Waals surface area (Å²) in [4.78, 5) is 2.38. The topological polar surface area (TPSA) is 3.24 Å². The van der Waals surface area contributed by atoms with Crippen LogP contribution in [-0.2, 0) is 0 Å². The van der Waals surface area contributed by atoms with Crippen LogP contribution in [0, 0.1) is 5.92 Å². The number of thioether (sulfide) groups is 1. The van der Waals surface area contributed by atoms with E-state index in [-0.39, 0.29) is 0 Å². The number of hydrogen-bond donors (Lipinski definition) is 0. The second-order valence-electron chi connectivity index (χ2n) is 2.89. The summed E-state index contributed by atoms with van der Waals surface area (Å²) < 4.78 is 0. The van der Waals surface area contributed by atoms with Crippen LogP contribution in [-0.4, -0.2) is 16.8 Å². The third kappa shape index (κ3) is 1.48. The molecule has 0 aromatic heterocycles. The maximum Gasteiger partial charge on any atom is 0.0808 e. The van der Waals surface area contributed by atoms with Crippen molar-refractivity contribution in [1.29, 1.82) is 0 Å². The second kappa shape index (κ2) is 3.33. The fourth-order valence-electron chi connectivity index (χ4n) is 1.18. The molecule has 0 aromatic rings. The Hall–Kier alpha value is -0.110. The van der Waals surface area contributed by atoms with E-state index in [1.54, 1.807) is 0 Å². The second-order valence-corrected chi connectivity index (χ2v) is 3.91. The van der Waals surface area contributed by atoms with E-state index in [2.05, 4.69) is 37.3 Å². The van der Waals surface area contributed by atoms with Gasteiger partial charge in [0, 0.05) is 12.7 Å². The molecule has 0 aliphatic carbocycles. The van der Waals surface area contributed by atoms with Gasteiger partial charge in [-0.2, -0.15) is 0 Å². The molecule has 0 bridgehead atoms. The molecule has 0 saturated carbocycles. The van der Waals surface area contributed by atoms with E-state index in [0.717, 1.165) is 12.5 Å². The average molecular weight is 157 g/mol. The Morgan fingerprint density at radius 1 is 1.60 bits per heavy atom. The molecule has 1 rings (SSSR count). The normalized spacial score (nSPS) is 24.8. The van der Waals surface area contributed by atoms with Crippen molar-refractivity contribution in [3.63, 3.8) is 0 Å². The molecule has 0 fully saturated rings. The lowest BCUT2D eigenvalue weighted by atomic mass is 10.2. The molecular formula is C8H15NS. The van der Waals surface area contributed by atoms with Crippen molar-refractivity contribution < 1.29 is 0 Å². The quantitative estimate of drug-likeness (QED) is 0.606. The van der Waals surface area contributed by atoms with Gasteiger partial charge in [0.15, 0.2) is 0 Å². The Labute approximate surface area is 67.5 Å². The van der Waals surface area contributed by atoms with Crippen molar-refractivity contribution in [2.75, 3.05) is 6.54 Å². The molecule has 1 aliphatic rings. The molecule has 2 heteroatoms. The number of nitrogens with zero attached hydrogens (tertiary/aromatic N) is 1. The predicted octanol–water partition coefficient (Wildman–Crippen LogP) is 2.51. The SMILES string of the molecule is CCN1C=CSC1C(C)C. The van der Waals surface area contributed by atoms with Crippen molar-refractivity contribution in [1.82, 2.24) is 4.90 Å². The molecule has 10 heavy (non-hydrogen) atoms. The summed E-state index contributed by atoms with van der Waals surface area (Å²) in [5.74, 6) is 0.750. The molecule has 58 valence electrons. The van der Waals surface area contributed by atoms with Gasteiger partial charge in [-0.25, -0.2) is 0 Å². The van der Waals surface area contributed by atoms with Crippen molar-refractivity contribution in [2.45, 2.75) is 26.1 Å². The highest BCUT2D eigenvalue weighted by Gasteiger charge is 2.20. The third-order valence-corrected chi connectivity index (χ3v) is 3.11. The highest BCUT2D eigenvalue weighted by Crippen LogP contribution is 2.29. The van der Waals surface area contributed by atoms with E-state index in [0.29, 0.717) is 5.37 Å². The van der Waals surface area contributed by atoms with Gasteiger partial charge >= 0.3 is 0 Å². The minimum atomic E-state index is 0.685. The summed E-state index contributed by atoms with van der Waals surface area (Å²) in [6.07, 6.45) is 2.19. The van der Waals surface area contributed by atoms with Crippen molar-refractivity contribution in [3.8, 4) is 0 Å². The largest absolute Gasteiger partial charge is 0.365 e. The Morgan fingerprint density at radius 3 is 2.70 bits per heavy atom. The molecular weight excluding hydrogens is 142 g/mol. The van der Waals surface area contributed by atoms with Crippen LogP contribution in [0.4, 0.5) is 0 Å². The predicted molar refractivity (Wildman–Crippen MR) is 47.7 cm³/mol. The van der Waals surface area contributed by atoms with Gasteiger partial charge in [0.25, 0.3) is 0 Å². The van der Waals surface area contributed by atoms with Gasteiger partial charge in [0.2, 0.25) is 0 Å². The van der Waals surface area contributed by atoms with Gasteiger partial charge < -0.3 is 4.90 Å². The van der Waals surface area contributed by atoms with Crippen LogP contribution >= 0.6 is 11.8 Å². The molecule has 1 unspecified atom stereocenters. The van der Waals surface area contributed by atoms with Crippen molar-refractivity contribution in [3.05, 3.63) is 11.6 Å². The zero-order chi connectivity index (χ0) is 7.56. The van der Waals surface area contributed by atoms with E-state index < -0.39 is 0 Å². The lowest BCUT2D eigenvalue weighted by molar-refractivity contribution is 0.320. The molecule has 0 aromatic carbocycles. The van der Waals surface area contributed by atoms with Crippen LogP contribution in [0.25, 0.3) is 0 Å². The first-order chi connectivity index (χ1) is 4.75. The van der Waals surface area contributed by atoms with Crippen LogP contribution in [0.2, 0.25) is 0 Å². The highest BCUT2D eigenvalue weighted by atomic mass is 32.2. The first-order valence-corrected chi connectivity index (χ1v) is 4.78. The monoisotopic (exact) mass is 157 g/mol. The Kier molecular flexibility index (Phi) is 2.66. The van der Waals surface area contributed by atoms with Crippen LogP contribution in [0.3, 0.4) is 0 Å². The number of hydrogen-bond acceptors (Lipinski definition) is 2. The minimum Gasteiger partial charge on any atom is -0.365 e. The van der Waals surface area contributed by atoms with Crippen molar-refractivity contribution >= 4 is 11.8 Å². The summed E-state index contributed by atoms with van der Waals surface area (Å²) in [6.45, 7) is 7.87. The summed E-state index contributed by atoms with van der Waals surface area (Å²) >= 11 is 1.93. The summed E-state index contributed by atoms with van der Waals surface area (Å²) in [6, 6.07) is 0. The van der Waals surface area contributed by atoms with Crippen LogP contribution in [0.15, 0.2) is 11.6 Å². The fourth-order valence-corrected chi connectivity index (χ4v) is 2.26. The summed E-state index contributed by atoms with van der Waals surface area (Å²) in [7, 11) is 0. The molecule has 0 N–H and O–H groups in total. The molecule has 0 spiro atoms. The molecule has 0 amide bonds. The molecule has 0 saturated heterocycles. The van der Waals surface area contributed by atoms with Gasteiger partial charge in [0.05, 0.1) is 5.37 Å². The Morgan fingerprint density at radius 2 is 2.30 bits per heavy atom. The third-order valence-electron chi connectivity index (χ3n) is 1.73. The Bertz CT molecular complexity index is 131. The van der Waals surface area contributed by atoms with E-state index in [4.69, 9.17) is 0 Å². The zero-order valence-corrected chi connectivity index (χ0v) is 7.69. The number of rotatable bonds is 2. The van der Waals surface area contributed by atoms with E-state index in [1.807, 2.05) is 11.8 Å². The maximum atomic E-state index is 2.38. The smallest absolute Gasteiger partial charge is 0.0808 e. The van der Waals surface area contributed by atoms with Gasteiger partial charge in [-0.1, -0.05) is 13.8 Å². The average Bonchev–Trinajstić information content (AvgIpc) is 2.33. The first-order valence-electron chi connectivity index (χ1n) is 3.83. The van der Waals surface area contributed by atoms with Crippen LogP contribution in [0.1, 0.15) is 20.8 Å². The molecule has 1 nitrogen and oxygen atoms in total. The van der Waals surface area contributed by atoms with E-state index >= 15 is 0 Å². The molecule has 1 heterocycles. The minimum absolute atomic E-state index is 0.685. The molecule has 1 aliphatic heterocycles. The van der Waals surface area contributed by atoms with Crippen LogP contribution in [0.5, 0.6) is 0 Å². The fraction of sp³-hybridized carbons (Fsp3) is 0.750. The van der Waals surface area contributed by atoms with Gasteiger partial charge in [0.1, 0.15) is 0 Å². The Balaban J connectivity index is 2.47. The van der Waals surface area contributed by atoms with Gasteiger partial charge in [-0.15, -0.1) is 11.8 Å². The first kappa shape index (κ1) is 7.99. The lowest BCUT2D eigenvalue weighted by Gasteiger charge is -2.26.